The Morgan fingerprint density at radius 2 is 2.12 bits per heavy atom. The van der Waals surface area contributed by atoms with Gasteiger partial charge in [0.2, 0.25) is 0 Å². The minimum absolute atomic E-state index is 0.214. The molecular weight excluding hydrogens is 216 g/mol. The molecular formula is C13H10N2O2. The Labute approximate surface area is 98.5 Å². The van der Waals surface area contributed by atoms with Crippen molar-refractivity contribution in [3.05, 3.63) is 42.1 Å². The Balaban J connectivity index is 2.31. The number of carbonyl (C=O) groups is 1. The van der Waals surface area contributed by atoms with Gasteiger partial charge in [-0.1, -0.05) is 24.3 Å². The first-order valence-corrected chi connectivity index (χ1v) is 5.17. The average Bonchev–Trinajstić information content (AvgIpc) is 2.38. The molecule has 17 heavy (non-hydrogen) atoms. The van der Waals surface area contributed by atoms with E-state index in [1.54, 1.807) is 12.1 Å². The molecule has 0 aliphatic rings. The van der Waals surface area contributed by atoms with Gasteiger partial charge in [0.1, 0.15) is 11.8 Å². The zero-order valence-corrected chi connectivity index (χ0v) is 9.25. The van der Waals surface area contributed by atoms with Crippen LogP contribution in [0.2, 0.25) is 0 Å². The Morgan fingerprint density at radius 3 is 2.88 bits per heavy atom. The highest BCUT2D eigenvalue weighted by Crippen LogP contribution is 2.12. The molecule has 4 nitrogen and oxygen atoms in total. The number of aromatic nitrogens is 1. The average molecular weight is 226 g/mol. The number of nitrogens with zero attached hydrogens (tertiary/aromatic N) is 2. The van der Waals surface area contributed by atoms with Crippen LogP contribution in [-0.4, -0.2) is 17.1 Å². The molecule has 0 radical (unpaired) electrons. The van der Waals surface area contributed by atoms with E-state index in [0.29, 0.717) is 0 Å². The zero-order chi connectivity index (χ0) is 12.3. The largest absolute Gasteiger partial charge is 0.443 e. The van der Waals surface area contributed by atoms with E-state index in [0.717, 1.165) is 10.9 Å². The first-order chi connectivity index (χ1) is 8.20. The van der Waals surface area contributed by atoms with Crippen molar-refractivity contribution in [2.45, 2.75) is 13.0 Å². The van der Waals surface area contributed by atoms with Gasteiger partial charge in [-0.3, -0.25) is 0 Å². The lowest BCUT2D eigenvalue weighted by Gasteiger charge is -2.05. The smallest absolute Gasteiger partial charge is 0.358 e. The molecule has 0 saturated heterocycles. The van der Waals surface area contributed by atoms with E-state index in [9.17, 15) is 4.79 Å². The Bertz CT molecular complexity index is 602. The summed E-state index contributed by atoms with van der Waals surface area (Å²) in [5.41, 5.74) is 0.942. The van der Waals surface area contributed by atoms with Gasteiger partial charge >= 0.3 is 5.97 Å². The lowest BCUT2D eigenvalue weighted by atomic mass is 10.2. The second-order valence-corrected chi connectivity index (χ2v) is 3.57. The fraction of sp³-hybridized carbons (Fsp3) is 0.154. The van der Waals surface area contributed by atoms with Crippen LogP contribution in [-0.2, 0) is 4.74 Å². The second-order valence-electron chi connectivity index (χ2n) is 3.57. The van der Waals surface area contributed by atoms with Gasteiger partial charge in [-0.05, 0) is 19.1 Å². The van der Waals surface area contributed by atoms with Crippen LogP contribution in [0.1, 0.15) is 17.4 Å². The molecule has 0 fully saturated rings. The minimum Gasteiger partial charge on any atom is -0.443 e. The third-order valence-corrected chi connectivity index (χ3v) is 2.27. The van der Waals surface area contributed by atoms with E-state index in [1.807, 2.05) is 30.3 Å². The maximum absolute atomic E-state index is 11.6. The van der Waals surface area contributed by atoms with E-state index in [1.165, 1.54) is 6.92 Å². The van der Waals surface area contributed by atoms with Crippen LogP contribution < -0.4 is 0 Å². The van der Waals surface area contributed by atoms with Gasteiger partial charge in [0, 0.05) is 5.39 Å². The molecule has 0 aliphatic carbocycles. The van der Waals surface area contributed by atoms with Gasteiger partial charge in [0.05, 0.1) is 5.52 Å². The van der Waals surface area contributed by atoms with Crippen LogP contribution in [0.3, 0.4) is 0 Å². The molecule has 1 aromatic heterocycles. The molecule has 0 spiro atoms. The summed E-state index contributed by atoms with van der Waals surface area (Å²) in [4.78, 5) is 15.8. The van der Waals surface area contributed by atoms with Crippen molar-refractivity contribution in [3.63, 3.8) is 0 Å². The van der Waals surface area contributed by atoms with Crippen molar-refractivity contribution in [3.8, 4) is 6.07 Å². The Hall–Kier alpha value is -2.41. The van der Waals surface area contributed by atoms with Crippen LogP contribution in [0, 0.1) is 11.3 Å². The van der Waals surface area contributed by atoms with Crippen molar-refractivity contribution in [1.29, 1.82) is 5.26 Å². The number of fused-ring (bicyclic) bond motifs is 1. The molecule has 1 heterocycles. The quantitative estimate of drug-likeness (QED) is 0.737. The lowest BCUT2D eigenvalue weighted by Crippen LogP contribution is -2.14. The molecule has 0 amide bonds. The molecule has 0 saturated carbocycles. The minimum atomic E-state index is -0.768. The number of pyridine rings is 1. The number of ether oxygens (including phenoxy) is 1. The van der Waals surface area contributed by atoms with Crippen LogP contribution in [0.5, 0.6) is 0 Å². The van der Waals surface area contributed by atoms with Crippen LogP contribution >= 0.6 is 0 Å². The summed E-state index contributed by atoms with van der Waals surface area (Å²) >= 11 is 0. The zero-order valence-electron chi connectivity index (χ0n) is 9.25. The van der Waals surface area contributed by atoms with Gasteiger partial charge in [-0.25, -0.2) is 9.78 Å². The van der Waals surface area contributed by atoms with Gasteiger partial charge < -0.3 is 4.74 Å². The third kappa shape index (κ3) is 2.40. The number of carbonyl (C=O) groups excluding carboxylic acids is 1. The molecule has 2 rings (SSSR count). The number of hydrogen-bond donors (Lipinski definition) is 0. The molecule has 1 aromatic carbocycles. The fourth-order valence-electron chi connectivity index (χ4n) is 1.43. The van der Waals surface area contributed by atoms with Crippen molar-refractivity contribution < 1.29 is 9.53 Å². The van der Waals surface area contributed by atoms with Crippen molar-refractivity contribution in [2.75, 3.05) is 0 Å². The summed E-state index contributed by atoms with van der Waals surface area (Å²) in [6, 6.07) is 12.7. The first kappa shape index (κ1) is 11.1. The molecule has 2 aromatic rings. The number of esters is 1. The van der Waals surface area contributed by atoms with E-state index in [2.05, 4.69) is 4.98 Å². The standard InChI is InChI=1S/C13H10N2O2/c1-9(8-14)17-13(16)12-7-6-10-4-2-3-5-11(10)15-12/h2-7,9H,1H3/t9-/m0/s1. The fourth-order valence-corrected chi connectivity index (χ4v) is 1.43. The Morgan fingerprint density at radius 1 is 1.35 bits per heavy atom. The van der Waals surface area contributed by atoms with Gasteiger partial charge in [0.15, 0.2) is 6.10 Å². The molecule has 4 heteroatoms. The second kappa shape index (κ2) is 4.62. The maximum Gasteiger partial charge on any atom is 0.358 e. The van der Waals surface area contributed by atoms with E-state index in [4.69, 9.17) is 10.00 Å². The molecule has 0 aliphatic heterocycles. The number of para-hydroxylation sites is 1. The first-order valence-electron chi connectivity index (χ1n) is 5.17. The number of benzene rings is 1. The van der Waals surface area contributed by atoms with Crippen molar-refractivity contribution >= 4 is 16.9 Å². The molecule has 0 N–H and O–H groups in total. The SMILES string of the molecule is C[C@@H](C#N)OC(=O)c1ccc2ccccc2n1. The third-order valence-electron chi connectivity index (χ3n) is 2.27. The highest BCUT2D eigenvalue weighted by Gasteiger charge is 2.12. The van der Waals surface area contributed by atoms with Crippen molar-refractivity contribution in [1.82, 2.24) is 4.98 Å². The highest BCUT2D eigenvalue weighted by atomic mass is 16.5. The topological polar surface area (TPSA) is 63.0 Å². The van der Waals surface area contributed by atoms with Gasteiger partial charge in [-0.2, -0.15) is 5.26 Å². The normalized spacial score (nSPS) is 11.8. The summed E-state index contributed by atoms with van der Waals surface area (Å²) in [7, 11) is 0. The van der Waals surface area contributed by atoms with Gasteiger partial charge in [0.25, 0.3) is 0 Å². The van der Waals surface area contributed by atoms with E-state index in [-0.39, 0.29) is 5.69 Å². The number of rotatable bonds is 2. The summed E-state index contributed by atoms with van der Waals surface area (Å²) in [5.74, 6) is -0.579. The Kier molecular flexibility index (Phi) is 3.01. The van der Waals surface area contributed by atoms with E-state index >= 15 is 0 Å². The van der Waals surface area contributed by atoms with E-state index < -0.39 is 12.1 Å². The van der Waals surface area contributed by atoms with Crippen LogP contribution in [0.15, 0.2) is 36.4 Å². The van der Waals surface area contributed by atoms with Crippen LogP contribution in [0.25, 0.3) is 10.9 Å². The summed E-state index contributed by atoms with van der Waals surface area (Å²) in [5, 5.41) is 9.51. The number of hydrogen-bond acceptors (Lipinski definition) is 4. The highest BCUT2D eigenvalue weighted by molar-refractivity contribution is 5.91. The summed E-state index contributed by atoms with van der Waals surface area (Å²) in [6.45, 7) is 1.51. The molecule has 1 atom stereocenters. The number of nitriles is 1. The van der Waals surface area contributed by atoms with Gasteiger partial charge in [-0.15, -0.1) is 0 Å². The summed E-state index contributed by atoms with van der Waals surface area (Å²) < 4.78 is 4.87. The summed E-state index contributed by atoms with van der Waals surface area (Å²) in [6.07, 6.45) is -0.768. The molecule has 0 bridgehead atoms. The van der Waals surface area contributed by atoms with Crippen molar-refractivity contribution in [2.24, 2.45) is 0 Å². The maximum atomic E-state index is 11.6. The predicted molar refractivity (Wildman–Crippen MR) is 62.2 cm³/mol. The van der Waals surface area contributed by atoms with Crippen LogP contribution in [0.4, 0.5) is 0 Å². The molecule has 0 unspecified atom stereocenters. The molecule has 84 valence electrons. The monoisotopic (exact) mass is 226 g/mol. The lowest BCUT2D eigenvalue weighted by molar-refractivity contribution is 0.0429. The predicted octanol–water partition coefficient (Wildman–Crippen LogP) is 2.30.